The summed E-state index contributed by atoms with van der Waals surface area (Å²) in [7, 11) is 1.35. The van der Waals surface area contributed by atoms with Crippen molar-refractivity contribution in [1.29, 1.82) is 0 Å². The molecule has 1 aliphatic heterocycles. The first-order valence-electron chi connectivity index (χ1n) is 8.47. The van der Waals surface area contributed by atoms with Gasteiger partial charge in [-0.05, 0) is 46.3 Å². The SMILES string of the molecule is COC(=O)c1ccc(Br)c(OC2CN(c3ccc(-c4nnc(C)o4)nn3)C2)c1. The molecule has 0 amide bonds. The molecule has 9 nitrogen and oxygen atoms in total. The van der Waals surface area contributed by atoms with Crippen molar-refractivity contribution in [3.05, 3.63) is 46.3 Å². The quantitative estimate of drug-likeness (QED) is 0.547. The third-order valence-electron chi connectivity index (χ3n) is 4.21. The lowest BCUT2D eigenvalue weighted by atomic mass is 10.1. The Morgan fingerprint density at radius 1 is 1.18 bits per heavy atom. The summed E-state index contributed by atoms with van der Waals surface area (Å²) in [5.74, 6) is 1.75. The zero-order chi connectivity index (χ0) is 19.7. The molecule has 2 aromatic heterocycles. The molecule has 0 N–H and O–H groups in total. The maximum Gasteiger partial charge on any atom is 0.337 e. The van der Waals surface area contributed by atoms with Crippen LogP contribution < -0.4 is 9.64 Å². The Kier molecular flexibility index (Phi) is 4.95. The molecule has 1 aromatic carbocycles. The monoisotopic (exact) mass is 445 g/mol. The van der Waals surface area contributed by atoms with Gasteiger partial charge in [-0.1, -0.05) is 0 Å². The van der Waals surface area contributed by atoms with E-state index in [1.54, 1.807) is 31.2 Å². The average Bonchev–Trinajstić information content (AvgIpc) is 3.11. The second kappa shape index (κ2) is 7.55. The molecule has 4 rings (SSSR count). The highest BCUT2D eigenvalue weighted by molar-refractivity contribution is 9.10. The minimum Gasteiger partial charge on any atom is -0.486 e. The first kappa shape index (κ1) is 18.4. The Bertz CT molecular complexity index is 1000. The number of halogens is 1. The zero-order valence-corrected chi connectivity index (χ0v) is 16.7. The number of benzene rings is 1. The Hall–Kier alpha value is -3.01. The predicted molar refractivity (Wildman–Crippen MR) is 102 cm³/mol. The van der Waals surface area contributed by atoms with Crippen LogP contribution in [-0.4, -0.2) is 52.7 Å². The third kappa shape index (κ3) is 3.68. The Morgan fingerprint density at radius 2 is 2.00 bits per heavy atom. The van der Waals surface area contributed by atoms with Gasteiger partial charge in [0.25, 0.3) is 5.89 Å². The van der Waals surface area contributed by atoms with E-state index < -0.39 is 5.97 Å². The summed E-state index contributed by atoms with van der Waals surface area (Å²) in [4.78, 5) is 13.7. The fraction of sp³-hybridized carbons (Fsp3) is 0.278. The fourth-order valence-electron chi connectivity index (χ4n) is 2.73. The zero-order valence-electron chi connectivity index (χ0n) is 15.1. The molecule has 28 heavy (non-hydrogen) atoms. The van der Waals surface area contributed by atoms with E-state index in [4.69, 9.17) is 13.9 Å². The van der Waals surface area contributed by atoms with Gasteiger partial charge in [0.15, 0.2) is 5.82 Å². The molecule has 1 saturated heterocycles. The fourth-order valence-corrected chi connectivity index (χ4v) is 3.07. The van der Waals surface area contributed by atoms with Crippen molar-refractivity contribution in [3.63, 3.8) is 0 Å². The highest BCUT2D eigenvalue weighted by Crippen LogP contribution is 2.30. The molecule has 10 heteroatoms. The normalized spacial score (nSPS) is 13.9. The molecule has 0 atom stereocenters. The van der Waals surface area contributed by atoms with Crippen LogP contribution in [0.15, 0.2) is 39.2 Å². The van der Waals surface area contributed by atoms with Crippen molar-refractivity contribution in [2.24, 2.45) is 0 Å². The van der Waals surface area contributed by atoms with Gasteiger partial charge in [-0.15, -0.1) is 20.4 Å². The minimum absolute atomic E-state index is 0.0238. The van der Waals surface area contributed by atoms with E-state index in [1.165, 1.54) is 7.11 Å². The van der Waals surface area contributed by atoms with E-state index in [-0.39, 0.29) is 6.10 Å². The molecule has 3 heterocycles. The van der Waals surface area contributed by atoms with Crippen LogP contribution in [0.3, 0.4) is 0 Å². The summed E-state index contributed by atoms with van der Waals surface area (Å²) in [6.07, 6.45) is -0.0238. The molecule has 0 saturated carbocycles. The van der Waals surface area contributed by atoms with Gasteiger partial charge >= 0.3 is 5.97 Å². The van der Waals surface area contributed by atoms with Gasteiger partial charge in [0, 0.05) is 6.92 Å². The molecule has 1 aliphatic rings. The van der Waals surface area contributed by atoms with E-state index in [2.05, 4.69) is 36.3 Å². The number of carbonyl (C=O) groups is 1. The van der Waals surface area contributed by atoms with Crippen molar-refractivity contribution >= 4 is 27.7 Å². The summed E-state index contributed by atoms with van der Waals surface area (Å²) in [5, 5.41) is 16.1. The Balaban J connectivity index is 1.38. The van der Waals surface area contributed by atoms with Gasteiger partial charge in [-0.25, -0.2) is 4.79 Å². The lowest BCUT2D eigenvalue weighted by molar-refractivity contribution is 0.0599. The molecule has 0 aliphatic carbocycles. The lowest BCUT2D eigenvalue weighted by Crippen LogP contribution is -2.54. The summed E-state index contributed by atoms with van der Waals surface area (Å²) in [5.41, 5.74) is 0.968. The number of aryl methyl sites for hydroxylation is 1. The Morgan fingerprint density at radius 3 is 2.64 bits per heavy atom. The van der Waals surface area contributed by atoms with E-state index in [0.717, 1.165) is 10.3 Å². The highest BCUT2D eigenvalue weighted by atomic mass is 79.9. The first-order chi connectivity index (χ1) is 13.5. The summed E-state index contributed by atoms with van der Waals surface area (Å²) in [6.45, 7) is 3.03. The summed E-state index contributed by atoms with van der Waals surface area (Å²) in [6, 6.07) is 8.75. The van der Waals surface area contributed by atoms with Gasteiger partial charge < -0.3 is 18.8 Å². The number of aromatic nitrogens is 4. The van der Waals surface area contributed by atoms with E-state index in [0.29, 0.717) is 41.9 Å². The molecule has 1 fully saturated rings. The molecular weight excluding hydrogens is 430 g/mol. The van der Waals surface area contributed by atoms with Crippen LogP contribution in [0.1, 0.15) is 16.2 Å². The second-order valence-electron chi connectivity index (χ2n) is 6.18. The lowest BCUT2D eigenvalue weighted by Gasteiger charge is -2.39. The number of hydrogen-bond acceptors (Lipinski definition) is 9. The maximum atomic E-state index is 11.7. The number of esters is 1. The maximum absolute atomic E-state index is 11.7. The standard InChI is InChI=1S/C18H16BrN5O4/c1-10-20-23-17(27-10)14-5-6-16(22-21-14)24-8-12(9-24)28-15-7-11(18(25)26-2)3-4-13(15)19/h3-7,12H,8-9H2,1-2H3. The van der Waals surface area contributed by atoms with Crippen LogP contribution in [0.25, 0.3) is 11.6 Å². The van der Waals surface area contributed by atoms with Crippen LogP contribution in [0.2, 0.25) is 0 Å². The van der Waals surface area contributed by atoms with Gasteiger partial charge in [0.05, 0.1) is 30.2 Å². The second-order valence-corrected chi connectivity index (χ2v) is 7.04. The third-order valence-corrected chi connectivity index (χ3v) is 4.87. The van der Waals surface area contributed by atoms with E-state index >= 15 is 0 Å². The number of anilines is 1. The van der Waals surface area contributed by atoms with Gasteiger partial charge in [0.2, 0.25) is 5.89 Å². The summed E-state index contributed by atoms with van der Waals surface area (Å²) >= 11 is 3.44. The van der Waals surface area contributed by atoms with Crippen LogP contribution in [0, 0.1) is 6.92 Å². The number of rotatable bonds is 5. The van der Waals surface area contributed by atoms with Crippen molar-refractivity contribution in [2.75, 3.05) is 25.1 Å². The topological polar surface area (TPSA) is 103 Å². The molecule has 3 aromatic rings. The van der Waals surface area contributed by atoms with Crippen molar-refractivity contribution in [1.82, 2.24) is 20.4 Å². The molecule has 0 radical (unpaired) electrons. The van der Waals surface area contributed by atoms with Gasteiger partial charge in [0.1, 0.15) is 17.5 Å². The number of nitrogens with zero attached hydrogens (tertiary/aromatic N) is 5. The predicted octanol–water partition coefficient (Wildman–Crippen LogP) is 2.65. The number of carbonyl (C=O) groups excluding carboxylic acids is 1. The van der Waals surface area contributed by atoms with Gasteiger partial charge in [-0.2, -0.15) is 0 Å². The van der Waals surface area contributed by atoms with E-state index in [9.17, 15) is 4.79 Å². The molecule has 0 unspecified atom stereocenters. The van der Waals surface area contributed by atoms with Crippen LogP contribution in [0.4, 0.5) is 5.82 Å². The average molecular weight is 446 g/mol. The molecular formula is C18H16BrN5O4. The molecule has 0 bridgehead atoms. The molecule has 144 valence electrons. The van der Waals surface area contributed by atoms with Crippen molar-refractivity contribution < 1.29 is 18.7 Å². The molecule has 0 spiro atoms. The van der Waals surface area contributed by atoms with Crippen molar-refractivity contribution in [2.45, 2.75) is 13.0 Å². The number of ether oxygens (including phenoxy) is 2. The highest BCUT2D eigenvalue weighted by Gasteiger charge is 2.30. The number of methoxy groups -OCH3 is 1. The Labute approximate surface area is 168 Å². The van der Waals surface area contributed by atoms with E-state index in [1.807, 2.05) is 11.0 Å². The van der Waals surface area contributed by atoms with Crippen LogP contribution in [0.5, 0.6) is 5.75 Å². The van der Waals surface area contributed by atoms with Crippen LogP contribution in [-0.2, 0) is 4.74 Å². The minimum atomic E-state index is -0.403. The largest absolute Gasteiger partial charge is 0.486 e. The van der Waals surface area contributed by atoms with Crippen LogP contribution >= 0.6 is 15.9 Å². The summed E-state index contributed by atoms with van der Waals surface area (Å²) < 4.78 is 16.9. The number of hydrogen-bond donors (Lipinski definition) is 0. The van der Waals surface area contributed by atoms with Crippen molar-refractivity contribution in [3.8, 4) is 17.3 Å². The van der Waals surface area contributed by atoms with Gasteiger partial charge in [-0.3, -0.25) is 0 Å². The first-order valence-corrected chi connectivity index (χ1v) is 9.26. The smallest absolute Gasteiger partial charge is 0.337 e.